The van der Waals surface area contributed by atoms with E-state index in [4.69, 9.17) is 0 Å². The molecule has 4 nitrogen and oxygen atoms in total. The van der Waals surface area contributed by atoms with Gasteiger partial charge in [-0.2, -0.15) is 0 Å². The van der Waals surface area contributed by atoms with Crippen molar-refractivity contribution in [2.24, 2.45) is 10.9 Å². The Morgan fingerprint density at radius 3 is 2.35 bits per heavy atom. The van der Waals surface area contributed by atoms with Crippen LogP contribution in [0.4, 0.5) is 0 Å². The van der Waals surface area contributed by atoms with Gasteiger partial charge in [0.25, 0.3) is 0 Å². The van der Waals surface area contributed by atoms with Crippen molar-refractivity contribution < 1.29 is 0 Å². The van der Waals surface area contributed by atoms with Crippen LogP contribution in [0.15, 0.2) is 4.99 Å². The summed E-state index contributed by atoms with van der Waals surface area (Å²) in [4.78, 5) is 6.92. The van der Waals surface area contributed by atoms with Crippen LogP contribution in [0.1, 0.15) is 46.5 Å². The molecule has 0 aromatic rings. The predicted octanol–water partition coefficient (Wildman–Crippen LogP) is 2.69. The van der Waals surface area contributed by atoms with Gasteiger partial charge in [0.05, 0.1) is 0 Å². The number of halogens is 1. The van der Waals surface area contributed by atoms with E-state index < -0.39 is 0 Å². The quantitative estimate of drug-likeness (QED) is 0.301. The fraction of sp³-hybridized carbons (Fsp3) is 0.933. The largest absolute Gasteiger partial charge is 0.356 e. The molecule has 1 saturated heterocycles. The van der Waals surface area contributed by atoms with Gasteiger partial charge in [-0.05, 0) is 38.3 Å². The van der Waals surface area contributed by atoms with Crippen LogP contribution >= 0.6 is 24.0 Å². The van der Waals surface area contributed by atoms with Gasteiger partial charge in [0.1, 0.15) is 0 Å². The molecule has 1 aliphatic rings. The number of rotatable bonds is 7. The monoisotopic (exact) mass is 396 g/mol. The number of guanidine groups is 1. The van der Waals surface area contributed by atoms with Crippen molar-refractivity contribution in [1.82, 2.24) is 15.5 Å². The molecule has 0 saturated carbocycles. The number of hydrogen-bond donors (Lipinski definition) is 2. The maximum absolute atomic E-state index is 4.29. The van der Waals surface area contributed by atoms with Crippen LogP contribution in [0.5, 0.6) is 0 Å². The predicted molar refractivity (Wildman–Crippen MR) is 99.1 cm³/mol. The summed E-state index contributed by atoms with van der Waals surface area (Å²) in [6, 6.07) is 0.618. The van der Waals surface area contributed by atoms with E-state index in [-0.39, 0.29) is 24.0 Å². The van der Waals surface area contributed by atoms with E-state index in [0.29, 0.717) is 12.0 Å². The van der Waals surface area contributed by atoms with Crippen LogP contribution < -0.4 is 10.6 Å². The first-order chi connectivity index (χ1) is 9.19. The normalized spacial score (nSPS) is 17.9. The Morgan fingerprint density at radius 1 is 1.20 bits per heavy atom. The molecule has 1 aliphatic heterocycles. The third kappa shape index (κ3) is 7.11. The topological polar surface area (TPSA) is 39.7 Å². The SMILES string of the molecule is CCCCNC(=NC)NCC(C(C)C)N1CCCC1.I. The van der Waals surface area contributed by atoms with Crippen molar-refractivity contribution in [3.05, 3.63) is 0 Å². The number of aliphatic imine (C=N–C) groups is 1. The second-order valence-electron chi connectivity index (χ2n) is 5.79. The number of nitrogens with one attached hydrogen (secondary N) is 2. The van der Waals surface area contributed by atoms with Crippen LogP contribution in [0.2, 0.25) is 0 Å². The minimum Gasteiger partial charge on any atom is -0.356 e. The molecular weight excluding hydrogens is 363 g/mol. The van der Waals surface area contributed by atoms with Crippen LogP contribution in [-0.4, -0.2) is 50.1 Å². The highest BCUT2D eigenvalue weighted by atomic mass is 127. The molecule has 1 fully saturated rings. The summed E-state index contributed by atoms with van der Waals surface area (Å²) in [5.74, 6) is 1.62. The lowest BCUT2D eigenvalue weighted by molar-refractivity contribution is 0.192. The number of likely N-dealkylation sites (tertiary alicyclic amines) is 1. The highest BCUT2D eigenvalue weighted by Gasteiger charge is 2.24. The molecule has 0 radical (unpaired) electrons. The number of hydrogen-bond acceptors (Lipinski definition) is 2. The summed E-state index contributed by atoms with van der Waals surface area (Å²) in [6.45, 7) is 11.4. The van der Waals surface area contributed by atoms with Gasteiger partial charge in [0.15, 0.2) is 5.96 Å². The lowest BCUT2D eigenvalue weighted by atomic mass is 10.0. The van der Waals surface area contributed by atoms with E-state index in [2.05, 4.69) is 41.3 Å². The van der Waals surface area contributed by atoms with Gasteiger partial charge >= 0.3 is 0 Å². The first-order valence-corrected chi connectivity index (χ1v) is 7.87. The van der Waals surface area contributed by atoms with Gasteiger partial charge in [0, 0.05) is 26.2 Å². The van der Waals surface area contributed by atoms with Gasteiger partial charge in [-0.15, -0.1) is 24.0 Å². The smallest absolute Gasteiger partial charge is 0.191 e. The Hall–Kier alpha value is -0.0400. The molecule has 1 atom stereocenters. The van der Waals surface area contributed by atoms with Gasteiger partial charge in [0.2, 0.25) is 0 Å². The summed E-state index contributed by atoms with van der Waals surface area (Å²) in [7, 11) is 1.85. The van der Waals surface area contributed by atoms with Crippen LogP contribution in [0, 0.1) is 5.92 Å². The van der Waals surface area contributed by atoms with Gasteiger partial charge < -0.3 is 10.6 Å². The van der Waals surface area contributed by atoms with Crippen molar-refractivity contribution in [3.63, 3.8) is 0 Å². The zero-order valence-corrected chi connectivity index (χ0v) is 15.9. The van der Waals surface area contributed by atoms with E-state index in [9.17, 15) is 0 Å². The van der Waals surface area contributed by atoms with E-state index in [1.807, 2.05) is 7.05 Å². The van der Waals surface area contributed by atoms with Crippen molar-refractivity contribution in [1.29, 1.82) is 0 Å². The Labute approximate surface area is 142 Å². The Kier molecular flexibility index (Phi) is 11.6. The maximum atomic E-state index is 4.29. The van der Waals surface area contributed by atoms with Crippen molar-refractivity contribution >= 4 is 29.9 Å². The third-order valence-electron chi connectivity index (χ3n) is 3.90. The number of unbranched alkanes of at least 4 members (excludes halogenated alkanes) is 1. The Bertz CT molecular complexity index is 263. The molecule has 2 N–H and O–H groups in total. The summed E-state index contributed by atoms with van der Waals surface area (Å²) in [5.41, 5.74) is 0. The Balaban J connectivity index is 0.00000361. The van der Waals surface area contributed by atoms with Crippen LogP contribution in [0.3, 0.4) is 0 Å². The molecule has 1 heterocycles. The highest BCUT2D eigenvalue weighted by Crippen LogP contribution is 2.16. The van der Waals surface area contributed by atoms with E-state index in [1.165, 1.54) is 38.8 Å². The highest BCUT2D eigenvalue weighted by molar-refractivity contribution is 14.0. The molecule has 120 valence electrons. The van der Waals surface area contributed by atoms with Crippen LogP contribution in [0.25, 0.3) is 0 Å². The van der Waals surface area contributed by atoms with Gasteiger partial charge in [-0.3, -0.25) is 9.89 Å². The van der Waals surface area contributed by atoms with Gasteiger partial charge in [-0.25, -0.2) is 0 Å². The summed E-state index contributed by atoms with van der Waals surface area (Å²) < 4.78 is 0. The zero-order valence-electron chi connectivity index (χ0n) is 13.6. The van der Waals surface area contributed by atoms with Crippen LogP contribution in [-0.2, 0) is 0 Å². The summed E-state index contributed by atoms with van der Waals surface area (Å²) in [6.07, 6.45) is 5.12. The maximum Gasteiger partial charge on any atom is 0.191 e. The minimum absolute atomic E-state index is 0. The molecule has 0 aromatic carbocycles. The minimum atomic E-state index is 0. The lowest BCUT2D eigenvalue weighted by Gasteiger charge is -2.31. The molecule has 0 aliphatic carbocycles. The van der Waals surface area contributed by atoms with Crippen molar-refractivity contribution in [2.75, 3.05) is 33.2 Å². The van der Waals surface area contributed by atoms with Crippen molar-refractivity contribution in [3.8, 4) is 0 Å². The first-order valence-electron chi connectivity index (χ1n) is 7.87. The Morgan fingerprint density at radius 2 is 1.85 bits per heavy atom. The molecule has 20 heavy (non-hydrogen) atoms. The molecule has 0 aromatic heterocycles. The molecule has 0 bridgehead atoms. The molecular formula is C15H33IN4. The third-order valence-corrected chi connectivity index (χ3v) is 3.90. The second-order valence-corrected chi connectivity index (χ2v) is 5.79. The van der Waals surface area contributed by atoms with Gasteiger partial charge in [-0.1, -0.05) is 27.2 Å². The fourth-order valence-corrected chi connectivity index (χ4v) is 2.67. The van der Waals surface area contributed by atoms with E-state index >= 15 is 0 Å². The molecule has 5 heteroatoms. The molecule has 0 amide bonds. The van der Waals surface area contributed by atoms with E-state index in [0.717, 1.165) is 19.0 Å². The molecule has 1 rings (SSSR count). The molecule has 1 unspecified atom stereocenters. The average molecular weight is 396 g/mol. The standard InChI is InChI=1S/C15H32N4.HI/c1-5-6-9-17-15(16-4)18-12-14(13(2)3)19-10-7-8-11-19;/h13-14H,5-12H2,1-4H3,(H2,16,17,18);1H. The second kappa shape index (κ2) is 11.6. The first kappa shape index (κ1) is 20.0. The zero-order chi connectivity index (χ0) is 14.1. The lowest BCUT2D eigenvalue weighted by Crippen LogP contribution is -2.48. The average Bonchev–Trinajstić information content (AvgIpc) is 2.90. The number of nitrogens with zero attached hydrogens (tertiary/aromatic N) is 2. The summed E-state index contributed by atoms with van der Waals surface area (Å²) in [5, 5.41) is 6.86. The summed E-state index contributed by atoms with van der Waals surface area (Å²) >= 11 is 0. The van der Waals surface area contributed by atoms with Crippen molar-refractivity contribution in [2.45, 2.75) is 52.5 Å². The molecule has 0 spiro atoms. The fourth-order valence-electron chi connectivity index (χ4n) is 2.67. The van der Waals surface area contributed by atoms with E-state index in [1.54, 1.807) is 0 Å².